The molecular formula is C17H23ClN2O4. The van der Waals surface area contributed by atoms with Gasteiger partial charge < -0.3 is 15.2 Å². The fourth-order valence-electron chi connectivity index (χ4n) is 2.36. The lowest BCUT2D eigenvalue weighted by Crippen LogP contribution is -2.26. The lowest BCUT2D eigenvalue weighted by molar-refractivity contribution is 0.0543. The van der Waals surface area contributed by atoms with E-state index in [4.69, 9.17) is 15.2 Å². The second-order valence-corrected chi connectivity index (χ2v) is 6.27. The predicted octanol–water partition coefficient (Wildman–Crippen LogP) is 3.13. The summed E-state index contributed by atoms with van der Waals surface area (Å²) < 4.78 is 11.6. The minimum absolute atomic E-state index is 0. The Morgan fingerprint density at radius 3 is 2.46 bits per heavy atom. The van der Waals surface area contributed by atoms with Crippen molar-refractivity contribution in [1.82, 2.24) is 4.57 Å². The minimum atomic E-state index is -0.590. The molecule has 0 fully saturated rings. The summed E-state index contributed by atoms with van der Waals surface area (Å²) >= 11 is 0. The normalized spacial score (nSPS) is 11.0. The highest BCUT2D eigenvalue weighted by Crippen LogP contribution is 2.25. The molecule has 2 N–H and O–H groups in total. The highest BCUT2D eigenvalue weighted by atomic mass is 35.5. The quantitative estimate of drug-likeness (QED) is 0.856. The topological polar surface area (TPSA) is 83.5 Å². The van der Waals surface area contributed by atoms with Crippen LogP contribution in [-0.4, -0.2) is 35.9 Å². The molecule has 0 radical (unpaired) electrons. The van der Waals surface area contributed by atoms with E-state index in [1.165, 1.54) is 11.7 Å². The molecule has 0 aliphatic heterocycles. The number of halogens is 1. The largest absolute Gasteiger partial charge is 0.465 e. The van der Waals surface area contributed by atoms with Gasteiger partial charge >= 0.3 is 12.1 Å². The average molecular weight is 355 g/mol. The highest BCUT2D eigenvalue weighted by Gasteiger charge is 2.21. The van der Waals surface area contributed by atoms with E-state index < -0.39 is 17.7 Å². The number of fused-ring (bicyclic) bond motifs is 1. The summed E-state index contributed by atoms with van der Waals surface area (Å²) in [7, 11) is 1.33. The van der Waals surface area contributed by atoms with Crippen LogP contribution < -0.4 is 5.73 Å². The Labute approximate surface area is 147 Å². The van der Waals surface area contributed by atoms with E-state index in [1.807, 2.05) is 20.8 Å². The van der Waals surface area contributed by atoms with Crippen LogP contribution in [0, 0.1) is 0 Å². The number of esters is 1. The Morgan fingerprint density at radius 1 is 1.25 bits per heavy atom. The van der Waals surface area contributed by atoms with Gasteiger partial charge in [-0.2, -0.15) is 0 Å². The number of methoxy groups -OCH3 is 1. The molecule has 1 aromatic heterocycles. The van der Waals surface area contributed by atoms with Gasteiger partial charge in [-0.1, -0.05) is 0 Å². The van der Waals surface area contributed by atoms with E-state index in [0.717, 1.165) is 10.9 Å². The molecule has 0 aliphatic carbocycles. The van der Waals surface area contributed by atoms with Crippen molar-refractivity contribution in [2.24, 2.45) is 5.73 Å². The number of nitrogens with zero attached hydrogens (tertiary/aromatic N) is 1. The third kappa shape index (κ3) is 4.27. The van der Waals surface area contributed by atoms with Crippen molar-refractivity contribution in [3.8, 4) is 0 Å². The fourth-order valence-corrected chi connectivity index (χ4v) is 2.36. The predicted molar refractivity (Wildman–Crippen MR) is 94.9 cm³/mol. The molecule has 0 unspecified atom stereocenters. The summed E-state index contributed by atoms with van der Waals surface area (Å²) in [5.74, 6) is -0.421. The number of benzene rings is 1. The Morgan fingerprint density at radius 2 is 1.92 bits per heavy atom. The molecule has 2 aromatic rings. The van der Waals surface area contributed by atoms with Gasteiger partial charge in [-0.25, -0.2) is 9.59 Å². The van der Waals surface area contributed by atoms with Crippen molar-refractivity contribution in [2.75, 3.05) is 13.7 Å². The van der Waals surface area contributed by atoms with E-state index in [2.05, 4.69) is 0 Å². The van der Waals surface area contributed by atoms with Gasteiger partial charge in [-0.05, 0) is 57.5 Å². The number of nitrogens with two attached hydrogens (primary N) is 1. The molecular weight excluding hydrogens is 332 g/mol. The van der Waals surface area contributed by atoms with Crippen LogP contribution in [0.3, 0.4) is 0 Å². The third-order valence-corrected chi connectivity index (χ3v) is 3.31. The van der Waals surface area contributed by atoms with E-state index in [9.17, 15) is 9.59 Å². The van der Waals surface area contributed by atoms with Crippen molar-refractivity contribution < 1.29 is 19.1 Å². The summed E-state index contributed by atoms with van der Waals surface area (Å²) in [4.78, 5) is 24.1. The Kier molecular flexibility index (Phi) is 6.40. The lowest BCUT2D eigenvalue weighted by atomic mass is 10.1. The van der Waals surface area contributed by atoms with Gasteiger partial charge in [0.2, 0.25) is 0 Å². The lowest BCUT2D eigenvalue weighted by Gasteiger charge is -2.19. The van der Waals surface area contributed by atoms with Gasteiger partial charge in [0.25, 0.3) is 0 Å². The van der Waals surface area contributed by atoms with Crippen molar-refractivity contribution in [3.05, 3.63) is 35.5 Å². The Balaban J connectivity index is 0.00000288. The maximum absolute atomic E-state index is 12.4. The molecule has 0 amide bonds. The van der Waals surface area contributed by atoms with Crippen molar-refractivity contribution >= 4 is 35.4 Å². The average Bonchev–Trinajstić information content (AvgIpc) is 2.83. The van der Waals surface area contributed by atoms with E-state index >= 15 is 0 Å². The molecule has 0 saturated heterocycles. The summed E-state index contributed by atoms with van der Waals surface area (Å²) in [5, 5.41) is 0.796. The number of carbonyl (C=O) groups excluding carboxylic acids is 2. The van der Waals surface area contributed by atoms with Gasteiger partial charge in [0, 0.05) is 11.6 Å². The van der Waals surface area contributed by atoms with Crippen molar-refractivity contribution in [2.45, 2.75) is 32.8 Å². The molecule has 6 nitrogen and oxygen atoms in total. The molecule has 0 atom stereocenters. The van der Waals surface area contributed by atoms with Crippen LogP contribution >= 0.6 is 12.4 Å². The van der Waals surface area contributed by atoms with Crippen LogP contribution in [0.2, 0.25) is 0 Å². The second-order valence-electron chi connectivity index (χ2n) is 6.27. The molecule has 7 heteroatoms. The molecule has 132 valence electrons. The summed E-state index contributed by atoms with van der Waals surface area (Å²) in [6, 6.07) is 5.06. The monoisotopic (exact) mass is 354 g/mol. The smallest absolute Gasteiger partial charge is 0.419 e. The zero-order valence-corrected chi connectivity index (χ0v) is 15.1. The number of carbonyl (C=O) groups is 2. The third-order valence-electron chi connectivity index (χ3n) is 3.31. The SMILES string of the molecule is COC(=O)c1ccc2c(c1)c(CCN)cn2C(=O)OC(C)(C)C.Cl. The first-order chi connectivity index (χ1) is 10.8. The van der Waals surface area contributed by atoms with Gasteiger partial charge in [0.1, 0.15) is 5.60 Å². The maximum atomic E-state index is 12.4. The maximum Gasteiger partial charge on any atom is 0.419 e. The molecule has 0 saturated carbocycles. The summed E-state index contributed by atoms with van der Waals surface area (Å²) in [6.45, 7) is 5.88. The van der Waals surface area contributed by atoms with Gasteiger partial charge in [-0.15, -0.1) is 12.4 Å². The molecule has 24 heavy (non-hydrogen) atoms. The standard InChI is InChI=1S/C17H22N2O4.ClH/c1-17(2,3)23-16(21)19-10-12(7-8-18)13-9-11(15(20)22-4)5-6-14(13)19;/h5-6,9-10H,7-8,18H2,1-4H3;1H. The van der Waals surface area contributed by atoms with E-state index in [1.54, 1.807) is 24.4 Å². The first-order valence-electron chi connectivity index (χ1n) is 7.42. The molecule has 1 aromatic carbocycles. The van der Waals surface area contributed by atoms with Crippen molar-refractivity contribution in [1.29, 1.82) is 0 Å². The van der Waals surface area contributed by atoms with Gasteiger partial charge in [0.05, 0.1) is 18.2 Å². The van der Waals surface area contributed by atoms with E-state index in [0.29, 0.717) is 24.0 Å². The van der Waals surface area contributed by atoms with Crippen LogP contribution in [0.4, 0.5) is 4.79 Å². The second kappa shape index (κ2) is 7.68. The van der Waals surface area contributed by atoms with Gasteiger partial charge in [0.15, 0.2) is 0 Å². The van der Waals surface area contributed by atoms with Crippen LogP contribution in [0.1, 0.15) is 36.7 Å². The first kappa shape index (κ1) is 20.0. The van der Waals surface area contributed by atoms with Crippen LogP contribution in [-0.2, 0) is 15.9 Å². The molecule has 0 bridgehead atoms. The van der Waals surface area contributed by atoms with Crippen molar-refractivity contribution in [3.63, 3.8) is 0 Å². The highest BCUT2D eigenvalue weighted by molar-refractivity contribution is 5.98. The Hall–Kier alpha value is -2.05. The number of rotatable bonds is 3. The molecule has 2 rings (SSSR count). The van der Waals surface area contributed by atoms with Crippen LogP contribution in [0.5, 0.6) is 0 Å². The number of hydrogen-bond acceptors (Lipinski definition) is 5. The zero-order chi connectivity index (χ0) is 17.2. The minimum Gasteiger partial charge on any atom is -0.465 e. The summed E-state index contributed by atoms with van der Waals surface area (Å²) in [6.07, 6.45) is 1.85. The molecule has 0 aliphatic rings. The first-order valence-corrected chi connectivity index (χ1v) is 7.42. The Bertz CT molecular complexity index is 747. The van der Waals surface area contributed by atoms with Gasteiger partial charge in [-0.3, -0.25) is 4.57 Å². The molecule has 1 heterocycles. The molecule has 0 spiro atoms. The zero-order valence-electron chi connectivity index (χ0n) is 14.3. The summed E-state index contributed by atoms with van der Waals surface area (Å²) in [5.41, 5.74) is 7.05. The van der Waals surface area contributed by atoms with Crippen LogP contribution in [0.25, 0.3) is 10.9 Å². The fraction of sp³-hybridized carbons (Fsp3) is 0.412. The van der Waals surface area contributed by atoms with E-state index in [-0.39, 0.29) is 12.4 Å². The van der Waals surface area contributed by atoms with Crippen LogP contribution in [0.15, 0.2) is 24.4 Å². The number of aromatic nitrogens is 1. The number of ether oxygens (including phenoxy) is 2. The number of hydrogen-bond donors (Lipinski definition) is 1.